The first-order valence-corrected chi connectivity index (χ1v) is 4.94. The van der Waals surface area contributed by atoms with Gasteiger partial charge in [0.1, 0.15) is 0 Å². The van der Waals surface area contributed by atoms with E-state index in [9.17, 15) is 0 Å². The van der Waals surface area contributed by atoms with Gasteiger partial charge in [-0.15, -0.1) is 0 Å². The monoisotopic (exact) mass is 188 g/mol. The van der Waals surface area contributed by atoms with Crippen molar-refractivity contribution in [2.75, 3.05) is 0 Å². The summed E-state index contributed by atoms with van der Waals surface area (Å²) >= 11 is 0. The van der Waals surface area contributed by atoms with Gasteiger partial charge in [-0.2, -0.15) is 5.10 Å². The zero-order valence-electron chi connectivity index (χ0n) is 9.18. The zero-order valence-corrected chi connectivity index (χ0v) is 9.18. The Balaban J connectivity index is 2.63. The first kappa shape index (κ1) is 9.25. The molecular weight excluding hydrogens is 172 g/mol. The number of rotatable bonds is 0. The Morgan fingerprint density at radius 1 is 1.21 bits per heavy atom. The van der Waals surface area contributed by atoms with E-state index in [1.165, 1.54) is 10.9 Å². The Bertz CT molecular complexity index is 461. The van der Waals surface area contributed by atoms with E-state index < -0.39 is 0 Å². The summed E-state index contributed by atoms with van der Waals surface area (Å²) in [4.78, 5) is 0. The van der Waals surface area contributed by atoms with Crippen LogP contribution in [0.3, 0.4) is 0 Å². The SMILES string of the molecule is Cc1[nH]nc2cc(C(C)(C)C)ccc12. The lowest BCUT2D eigenvalue weighted by Crippen LogP contribution is -2.10. The van der Waals surface area contributed by atoms with Gasteiger partial charge >= 0.3 is 0 Å². The van der Waals surface area contributed by atoms with E-state index in [-0.39, 0.29) is 5.41 Å². The van der Waals surface area contributed by atoms with Crippen LogP contribution in [0.15, 0.2) is 18.2 Å². The molecule has 0 radical (unpaired) electrons. The Hall–Kier alpha value is -1.31. The minimum atomic E-state index is 0.195. The minimum absolute atomic E-state index is 0.195. The number of nitrogens with zero attached hydrogens (tertiary/aromatic N) is 1. The standard InChI is InChI=1S/C12H16N2/c1-8-10-6-5-9(12(2,3)4)7-11(10)14-13-8/h5-7H,1-4H3,(H,13,14). The number of aryl methyl sites for hydroxylation is 1. The number of aromatic nitrogens is 2. The maximum atomic E-state index is 4.27. The summed E-state index contributed by atoms with van der Waals surface area (Å²) in [7, 11) is 0. The van der Waals surface area contributed by atoms with Crippen molar-refractivity contribution in [2.24, 2.45) is 0 Å². The Labute approximate surface area is 84.3 Å². The lowest BCUT2D eigenvalue weighted by molar-refractivity contribution is 0.591. The molecule has 1 aromatic carbocycles. The van der Waals surface area contributed by atoms with E-state index in [2.05, 4.69) is 49.2 Å². The minimum Gasteiger partial charge on any atom is -0.282 e. The average molecular weight is 188 g/mol. The second-order valence-electron chi connectivity index (χ2n) is 4.83. The fourth-order valence-electron chi connectivity index (χ4n) is 1.61. The first-order chi connectivity index (χ1) is 6.48. The molecule has 0 spiro atoms. The van der Waals surface area contributed by atoms with Gasteiger partial charge in [-0.3, -0.25) is 5.10 Å². The topological polar surface area (TPSA) is 28.7 Å². The van der Waals surface area contributed by atoms with Crippen molar-refractivity contribution in [3.8, 4) is 0 Å². The van der Waals surface area contributed by atoms with E-state index >= 15 is 0 Å². The second-order valence-corrected chi connectivity index (χ2v) is 4.83. The van der Waals surface area contributed by atoms with Crippen LogP contribution in [0, 0.1) is 6.92 Å². The highest BCUT2D eigenvalue weighted by molar-refractivity contribution is 5.81. The summed E-state index contributed by atoms with van der Waals surface area (Å²) in [6, 6.07) is 6.50. The van der Waals surface area contributed by atoms with Gasteiger partial charge in [-0.05, 0) is 24.0 Å². The molecular formula is C12H16N2. The number of aromatic amines is 1. The lowest BCUT2D eigenvalue weighted by atomic mass is 9.86. The molecule has 1 N–H and O–H groups in total. The van der Waals surface area contributed by atoms with Crippen molar-refractivity contribution >= 4 is 10.9 Å². The van der Waals surface area contributed by atoms with E-state index in [1.807, 2.05) is 6.92 Å². The van der Waals surface area contributed by atoms with Crippen LogP contribution in [-0.4, -0.2) is 10.2 Å². The molecule has 1 heterocycles. The van der Waals surface area contributed by atoms with Gasteiger partial charge in [0.2, 0.25) is 0 Å². The van der Waals surface area contributed by atoms with Crippen LogP contribution in [0.25, 0.3) is 10.9 Å². The molecule has 74 valence electrons. The average Bonchev–Trinajstić information content (AvgIpc) is 2.46. The van der Waals surface area contributed by atoms with Gasteiger partial charge < -0.3 is 0 Å². The largest absolute Gasteiger partial charge is 0.282 e. The van der Waals surface area contributed by atoms with Crippen molar-refractivity contribution in [3.05, 3.63) is 29.5 Å². The molecule has 0 atom stereocenters. The molecule has 0 unspecified atom stereocenters. The number of benzene rings is 1. The highest BCUT2D eigenvalue weighted by Gasteiger charge is 2.14. The normalized spacial score (nSPS) is 12.3. The number of nitrogens with one attached hydrogen (secondary N) is 1. The van der Waals surface area contributed by atoms with Crippen LogP contribution in [-0.2, 0) is 5.41 Å². The van der Waals surface area contributed by atoms with Crippen LogP contribution in [0.1, 0.15) is 32.0 Å². The van der Waals surface area contributed by atoms with Crippen molar-refractivity contribution < 1.29 is 0 Å². The molecule has 0 saturated heterocycles. The fraction of sp³-hybridized carbons (Fsp3) is 0.417. The third-order valence-corrected chi connectivity index (χ3v) is 2.61. The van der Waals surface area contributed by atoms with Crippen LogP contribution >= 0.6 is 0 Å². The molecule has 0 bridgehead atoms. The van der Waals surface area contributed by atoms with Gasteiger partial charge in [-0.1, -0.05) is 32.9 Å². The molecule has 2 nitrogen and oxygen atoms in total. The molecule has 0 saturated carbocycles. The number of fused-ring (bicyclic) bond motifs is 1. The molecule has 2 heteroatoms. The van der Waals surface area contributed by atoms with E-state index in [0.717, 1.165) is 11.2 Å². The van der Waals surface area contributed by atoms with Gasteiger partial charge in [0.25, 0.3) is 0 Å². The highest BCUT2D eigenvalue weighted by atomic mass is 15.1. The number of hydrogen-bond acceptors (Lipinski definition) is 1. The maximum Gasteiger partial charge on any atom is 0.0926 e. The number of H-pyrrole nitrogens is 1. The predicted molar refractivity (Wildman–Crippen MR) is 59.5 cm³/mol. The summed E-state index contributed by atoms with van der Waals surface area (Å²) in [6.07, 6.45) is 0. The highest BCUT2D eigenvalue weighted by Crippen LogP contribution is 2.25. The van der Waals surface area contributed by atoms with Gasteiger partial charge in [0, 0.05) is 11.1 Å². The second kappa shape index (κ2) is 2.84. The summed E-state index contributed by atoms with van der Waals surface area (Å²) in [5.41, 5.74) is 3.73. The molecule has 14 heavy (non-hydrogen) atoms. The van der Waals surface area contributed by atoms with Crippen molar-refractivity contribution in [2.45, 2.75) is 33.1 Å². The van der Waals surface area contributed by atoms with Crippen molar-refractivity contribution in [1.82, 2.24) is 10.2 Å². The smallest absolute Gasteiger partial charge is 0.0926 e. The zero-order chi connectivity index (χ0) is 10.3. The lowest BCUT2D eigenvalue weighted by Gasteiger charge is -2.18. The summed E-state index contributed by atoms with van der Waals surface area (Å²) in [5.74, 6) is 0. The molecule has 2 aromatic rings. The Morgan fingerprint density at radius 3 is 2.57 bits per heavy atom. The van der Waals surface area contributed by atoms with Crippen LogP contribution < -0.4 is 0 Å². The van der Waals surface area contributed by atoms with Crippen LogP contribution in [0.4, 0.5) is 0 Å². The third-order valence-electron chi connectivity index (χ3n) is 2.61. The molecule has 0 aliphatic heterocycles. The van der Waals surface area contributed by atoms with Crippen molar-refractivity contribution in [3.63, 3.8) is 0 Å². The summed E-state index contributed by atoms with van der Waals surface area (Å²) in [5, 5.41) is 8.49. The summed E-state index contributed by atoms with van der Waals surface area (Å²) < 4.78 is 0. The summed E-state index contributed by atoms with van der Waals surface area (Å²) in [6.45, 7) is 8.70. The van der Waals surface area contributed by atoms with Crippen molar-refractivity contribution in [1.29, 1.82) is 0 Å². The number of hydrogen-bond donors (Lipinski definition) is 1. The first-order valence-electron chi connectivity index (χ1n) is 4.94. The maximum absolute atomic E-state index is 4.27. The van der Waals surface area contributed by atoms with E-state index in [0.29, 0.717) is 0 Å². The predicted octanol–water partition coefficient (Wildman–Crippen LogP) is 3.17. The van der Waals surface area contributed by atoms with Crippen LogP contribution in [0.5, 0.6) is 0 Å². The molecule has 0 amide bonds. The Morgan fingerprint density at radius 2 is 1.93 bits per heavy atom. The molecule has 1 aromatic heterocycles. The molecule has 0 aliphatic carbocycles. The van der Waals surface area contributed by atoms with E-state index in [1.54, 1.807) is 0 Å². The third kappa shape index (κ3) is 1.41. The molecule has 0 aliphatic rings. The van der Waals surface area contributed by atoms with E-state index in [4.69, 9.17) is 0 Å². The molecule has 2 rings (SSSR count). The Kier molecular flexibility index (Phi) is 1.88. The quantitative estimate of drug-likeness (QED) is 0.676. The van der Waals surface area contributed by atoms with Gasteiger partial charge in [0.15, 0.2) is 0 Å². The van der Waals surface area contributed by atoms with Crippen LogP contribution in [0.2, 0.25) is 0 Å². The van der Waals surface area contributed by atoms with Gasteiger partial charge in [0.05, 0.1) is 5.52 Å². The molecule has 0 fully saturated rings. The fourth-order valence-corrected chi connectivity index (χ4v) is 1.61. The van der Waals surface area contributed by atoms with Gasteiger partial charge in [-0.25, -0.2) is 0 Å².